The average Bonchev–Trinajstić information content (AvgIpc) is 3.40. The number of fused-ring (bicyclic) bond motifs is 5. The summed E-state index contributed by atoms with van der Waals surface area (Å²) >= 11 is 0. The van der Waals surface area contributed by atoms with Crippen LogP contribution in [-0.4, -0.2) is 52.9 Å². The molecule has 9 nitrogen and oxygen atoms in total. The Morgan fingerprint density at radius 3 is 2.57 bits per heavy atom. The van der Waals surface area contributed by atoms with Crippen LogP contribution in [-0.2, 0) is 22.6 Å². The smallest absolute Gasteiger partial charge is 0.274 e. The number of benzene rings is 2. The Labute approximate surface area is 238 Å². The summed E-state index contributed by atoms with van der Waals surface area (Å²) in [6.45, 7) is 1.80. The summed E-state index contributed by atoms with van der Waals surface area (Å²) in [5, 5.41) is 2.35. The minimum absolute atomic E-state index is 0.0111. The maximum Gasteiger partial charge on any atom is 0.274 e. The molecular weight excluding hydrogens is 555 g/mol. The molecule has 1 spiro atoms. The number of aromatic nitrogens is 1. The molecule has 12 heteroatoms. The van der Waals surface area contributed by atoms with Crippen LogP contribution >= 0.6 is 0 Å². The van der Waals surface area contributed by atoms with Crippen molar-refractivity contribution in [2.24, 2.45) is 0 Å². The standard InChI is InChI=1S/C30H28F3N3O6/c1-17-7-8-30(15-40-16-42-30)24-13-35(17)29(39)25-27(41-14-18-5-3-2-4-6-18)26(37)21(12-36(24)25)28(38)34-11-20-22(32)9-19(31)10-23(20)33/h2-6,9-10,12,17,24H,7-8,11,13-16H2,1H3,(H,34,38)/t17-,24+,30-/m0/s1. The van der Waals surface area contributed by atoms with Gasteiger partial charge in [0.05, 0.1) is 12.6 Å². The number of hydrogen-bond donors (Lipinski definition) is 1. The van der Waals surface area contributed by atoms with Crippen molar-refractivity contribution < 1.29 is 37.0 Å². The number of halogens is 3. The lowest BCUT2D eigenvalue weighted by atomic mass is 9.89. The minimum Gasteiger partial charge on any atom is -0.483 e. The highest BCUT2D eigenvalue weighted by molar-refractivity contribution is 5.99. The molecule has 4 heterocycles. The minimum atomic E-state index is -1.18. The van der Waals surface area contributed by atoms with Crippen LogP contribution in [0.4, 0.5) is 13.2 Å². The molecule has 6 rings (SSSR count). The van der Waals surface area contributed by atoms with Crippen molar-refractivity contribution in [2.75, 3.05) is 19.9 Å². The van der Waals surface area contributed by atoms with Gasteiger partial charge in [0.2, 0.25) is 5.43 Å². The van der Waals surface area contributed by atoms with Gasteiger partial charge in [0.25, 0.3) is 11.8 Å². The summed E-state index contributed by atoms with van der Waals surface area (Å²) < 4.78 is 61.1. The van der Waals surface area contributed by atoms with Crippen molar-refractivity contribution >= 4 is 11.8 Å². The van der Waals surface area contributed by atoms with E-state index in [1.54, 1.807) is 33.7 Å². The van der Waals surface area contributed by atoms with E-state index in [0.29, 0.717) is 25.0 Å². The Bertz CT molecular complexity index is 1580. The fraction of sp³-hybridized carbons (Fsp3) is 0.367. The number of carbonyl (C=O) groups is 2. The quantitative estimate of drug-likeness (QED) is 0.476. The Balaban J connectivity index is 1.44. The van der Waals surface area contributed by atoms with E-state index in [0.717, 1.165) is 5.56 Å². The number of pyridine rings is 1. The lowest BCUT2D eigenvalue weighted by molar-refractivity contribution is -0.0477. The van der Waals surface area contributed by atoms with Gasteiger partial charge in [-0.3, -0.25) is 14.4 Å². The second kappa shape index (κ2) is 10.9. The van der Waals surface area contributed by atoms with Gasteiger partial charge >= 0.3 is 0 Å². The van der Waals surface area contributed by atoms with Gasteiger partial charge in [0.1, 0.15) is 42.0 Å². The van der Waals surface area contributed by atoms with Crippen LogP contribution in [0.5, 0.6) is 5.75 Å². The van der Waals surface area contributed by atoms with Crippen molar-refractivity contribution in [1.82, 2.24) is 14.8 Å². The predicted octanol–water partition coefficient (Wildman–Crippen LogP) is 3.70. The monoisotopic (exact) mass is 583 g/mol. The molecule has 2 saturated heterocycles. The zero-order chi connectivity index (χ0) is 29.6. The molecule has 1 N–H and O–H groups in total. The van der Waals surface area contributed by atoms with Gasteiger partial charge in [-0.1, -0.05) is 30.3 Å². The number of ether oxygens (including phenoxy) is 3. The number of nitrogens with zero attached hydrogens (tertiary/aromatic N) is 2. The first-order valence-corrected chi connectivity index (χ1v) is 13.6. The molecule has 3 aromatic rings. The topological polar surface area (TPSA) is 99.1 Å². The third kappa shape index (κ3) is 4.84. The van der Waals surface area contributed by atoms with Gasteiger partial charge < -0.3 is 29.0 Å². The number of rotatable bonds is 6. The van der Waals surface area contributed by atoms with E-state index >= 15 is 0 Å². The van der Waals surface area contributed by atoms with Crippen LogP contribution in [0.25, 0.3) is 0 Å². The third-order valence-corrected chi connectivity index (χ3v) is 8.26. The Morgan fingerprint density at radius 2 is 1.88 bits per heavy atom. The van der Waals surface area contributed by atoms with Crippen LogP contribution in [0.15, 0.2) is 53.5 Å². The van der Waals surface area contributed by atoms with Crippen molar-refractivity contribution in [3.05, 3.63) is 98.7 Å². The molecule has 2 fully saturated rings. The second-order valence-corrected chi connectivity index (χ2v) is 10.8. The average molecular weight is 584 g/mol. The highest BCUT2D eigenvalue weighted by Gasteiger charge is 2.52. The number of amides is 2. The molecule has 220 valence electrons. The van der Waals surface area contributed by atoms with Gasteiger partial charge in [-0.2, -0.15) is 0 Å². The van der Waals surface area contributed by atoms with Crippen LogP contribution in [0.1, 0.15) is 57.8 Å². The van der Waals surface area contributed by atoms with E-state index in [1.807, 2.05) is 13.0 Å². The summed E-state index contributed by atoms with van der Waals surface area (Å²) in [5.74, 6) is -5.14. The van der Waals surface area contributed by atoms with E-state index in [-0.39, 0.29) is 44.0 Å². The van der Waals surface area contributed by atoms with Crippen molar-refractivity contribution in [3.8, 4) is 5.75 Å². The molecule has 2 amide bonds. The summed E-state index contributed by atoms with van der Waals surface area (Å²) in [6, 6.07) is 9.33. The van der Waals surface area contributed by atoms with Crippen LogP contribution < -0.4 is 15.5 Å². The highest BCUT2D eigenvalue weighted by Crippen LogP contribution is 2.44. The molecule has 2 aromatic carbocycles. The maximum atomic E-state index is 14.2. The zero-order valence-electron chi connectivity index (χ0n) is 22.7. The molecule has 3 aliphatic rings. The van der Waals surface area contributed by atoms with Gasteiger partial charge in [-0.15, -0.1) is 0 Å². The van der Waals surface area contributed by atoms with Gasteiger partial charge in [-0.25, -0.2) is 13.2 Å². The Morgan fingerprint density at radius 1 is 1.14 bits per heavy atom. The normalized spacial score (nSPS) is 23.0. The second-order valence-electron chi connectivity index (χ2n) is 10.8. The van der Waals surface area contributed by atoms with E-state index in [9.17, 15) is 27.6 Å². The maximum absolute atomic E-state index is 14.2. The van der Waals surface area contributed by atoms with Gasteiger partial charge in [-0.05, 0) is 25.3 Å². The van der Waals surface area contributed by atoms with E-state index in [2.05, 4.69) is 5.32 Å². The molecule has 0 aliphatic carbocycles. The SMILES string of the molecule is C[C@H]1CC[C@]2(COCO2)[C@H]2CN1C(=O)c1c(OCc3ccccc3)c(=O)c(C(=O)NCc3c(F)cc(F)cc3F)cn12. The molecule has 0 unspecified atom stereocenters. The number of carbonyl (C=O) groups excluding carboxylic acids is 2. The predicted molar refractivity (Wildman–Crippen MR) is 142 cm³/mol. The Hall–Kier alpha value is -4.16. The van der Waals surface area contributed by atoms with Crippen LogP contribution in [0, 0.1) is 17.5 Å². The zero-order valence-corrected chi connectivity index (χ0v) is 22.7. The summed E-state index contributed by atoms with van der Waals surface area (Å²) in [6.07, 6.45) is 2.48. The molecule has 1 aromatic heterocycles. The molecular formula is C30H28F3N3O6. The highest BCUT2D eigenvalue weighted by atomic mass is 19.1. The molecule has 0 saturated carbocycles. The number of hydrogen-bond acceptors (Lipinski definition) is 6. The first kappa shape index (κ1) is 28.0. The van der Waals surface area contributed by atoms with Crippen molar-refractivity contribution in [1.29, 1.82) is 0 Å². The number of nitrogens with one attached hydrogen (secondary N) is 1. The first-order chi connectivity index (χ1) is 20.2. The Kier molecular flexibility index (Phi) is 7.27. The summed E-state index contributed by atoms with van der Waals surface area (Å²) in [4.78, 5) is 42.8. The lowest BCUT2D eigenvalue weighted by Gasteiger charge is -2.42. The van der Waals surface area contributed by atoms with E-state index < -0.39 is 64.0 Å². The largest absolute Gasteiger partial charge is 0.483 e. The molecule has 0 radical (unpaired) electrons. The molecule has 42 heavy (non-hydrogen) atoms. The van der Waals surface area contributed by atoms with Crippen LogP contribution in [0.2, 0.25) is 0 Å². The lowest BCUT2D eigenvalue weighted by Crippen LogP contribution is -2.53. The summed E-state index contributed by atoms with van der Waals surface area (Å²) in [7, 11) is 0. The summed E-state index contributed by atoms with van der Waals surface area (Å²) in [5.41, 5.74) is -1.92. The first-order valence-electron chi connectivity index (χ1n) is 13.6. The van der Waals surface area contributed by atoms with Gasteiger partial charge in [0, 0.05) is 43.0 Å². The van der Waals surface area contributed by atoms with E-state index in [4.69, 9.17) is 14.2 Å². The van der Waals surface area contributed by atoms with Crippen molar-refractivity contribution in [2.45, 2.75) is 50.6 Å². The molecule has 3 atom stereocenters. The third-order valence-electron chi connectivity index (χ3n) is 8.26. The fourth-order valence-electron chi connectivity index (χ4n) is 5.91. The molecule has 3 aliphatic heterocycles. The van der Waals surface area contributed by atoms with Gasteiger partial charge in [0.15, 0.2) is 11.4 Å². The fourth-order valence-corrected chi connectivity index (χ4v) is 5.91. The van der Waals surface area contributed by atoms with Crippen LogP contribution in [0.3, 0.4) is 0 Å². The van der Waals surface area contributed by atoms with Crippen molar-refractivity contribution in [3.63, 3.8) is 0 Å². The molecule has 2 bridgehead atoms. The van der Waals surface area contributed by atoms with E-state index in [1.165, 1.54) is 6.20 Å².